The first kappa shape index (κ1) is 27.9. The summed E-state index contributed by atoms with van der Waals surface area (Å²) in [6, 6.07) is 12.6. The summed E-state index contributed by atoms with van der Waals surface area (Å²) < 4.78 is 21.3. The molecule has 0 bridgehead atoms. The van der Waals surface area contributed by atoms with Crippen molar-refractivity contribution in [1.29, 1.82) is 0 Å². The van der Waals surface area contributed by atoms with Gasteiger partial charge in [-0.2, -0.15) is 0 Å². The van der Waals surface area contributed by atoms with Gasteiger partial charge in [-0.1, -0.05) is 40.0 Å². The minimum absolute atomic E-state index is 0.143. The average Bonchev–Trinajstić information content (AvgIpc) is 2.86. The largest absolute Gasteiger partial charge is 0.459 e. The maximum atomic E-state index is 12.4. The quantitative estimate of drug-likeness (QED) is 0.134. The average molecular weight is 485 g/mol. The molecule has 190 valence electrons. The van der Waals surface area contributed by atoms with Crippen molar-refractivity contribution in [3.05, 3.63) is 59.7 Å². The summed E-state index contributed by atoms with van der Waals surface area (Å²) in [5.41, 5.74) is 0.732. The normalized spacial score (nSPS) is 12.3. The minimum atomic E-state index is -0.546. The van der Waals surface area contributed by atoms with E-state index in [4.69, 9.17) is 18.9 Å². The van der Waals surface area contributed by atoms with E-state index < -0.39 is 11.9 Å². The third kappa shape index (κ3) is 9.81. The summed E-state index contributed by atoms with van der Waals surface area (Å²) in [4.78, 5) is 36.4. The summed E-state index contributed by atoms with van der Waals surface area (Å²) in [5.74, 6) is -0.660. The van der Waals surface area contributed by atoms with Crippen molar-refractivity contribution in [3.8, 4) is 11.5 Å². The van der Waals surface area contributed by atoms with Crippen molar-refractivity contribution in [2.24, 2.45) is 5.92 Å². The van der Waals surface area contributed by atoms with E-state index >= 15 is 0 Å². The molecule has 7 heteroatoms. The van der Waals surface area contributed by atoms with E-state index in [1.54, 1.807) is 55.5 Å². The van der Waals surface area contributed by atoms with Crippen LogP contribution in [-0.2, 0) is 14.3 Å². The highest BCUT2D eigenvalue weighted by Crippen LogP contribution is 2.18. The zero-order valence-electron chi connectivity index (χ0n) is 21.1. The molecule has 0 N–H and O–H groups in total. The van der Waals surface area contributed by atoms with Crippen LogP contribution in [0.25, 0.3) is 0 Å². The van der Waals surface area contributed by atoms with E-state index in [0.29, 0.717) is 29.0 Å². The molecule has 0 spiro atoms. The number of unbranched alkanes of at least 4 members (excludes halogenated alkanes) is 3. The molecule has 0 saturated carbocycles. The summed E-state index contributed by atoms with van der Waals surface area (Å²) in [7, 11) is 0. The molecule has 0 fully saturated rings. The van der Waals surface area contributed by atoms with Gasteiger partial charge < -0.3 is 18.9 Å². The molecule has 2 atom stereocenters. The molecule has 7 nitrogen and oxygen atoms in total. The second-order valence-corrected chi connectivity index (χ2v) is 8.54. The predicted molar refractivity (Wildman–Crippen MR) is 133 cm³/mol. The van der Waals surface area contributed by atoms with Crippen LogP contribution in [-0.4, -0.2) is 30.8 Å². The summed E-state index contributed by atoms with van der Waals surface area (Å²) in [5, 5.41) is 0. The number of esters is 3. The predicted octanol–water partition coefficient (Wildman–Crippen LogP) is 6.35. The van der Waals surface area contributed by atoms with Gasteiger partial charge in [0.1, 0.15) is 11.5 Å². The lowest BCUT2D eigenvalue weighted by Crippen LogP contribution is -2.17. The van der Waals surface area contributed by atoms with Gasteiger partial charge in [0.05, 0.1) is 23.1 Å². The van der Waals surface area contributed by atoms with Crippen LogP contribution in [0.2, 0.25) is 0 Å². The van der Waals surface area contributed by atoms with Crippen LogP contribution in [0.4, 0.5) is 0 Å². The molecule has 2 aromatic rings. The Bertz CT molecular complexity index is 935. The summed E-state index contributed by atoms with van der Waals surface area (Å²) in [6.45, 7) is 7.56. The molecular formula is C28H36O7. The van der Waals surface area contributed by atoms with Gasteiger partial charge in [0.15, 0.2) is 0 Å². The Morgan fingerprint density at radius 3 is 1.97 bits per heavy atom. The summed E-state index contributed by atoms with van der Waals surface area (Å²) >= 11 is 0. The van der Waals surface area contributed by atoms with Gasteiger partial charge in [0.25, 0.3) is 0 Å². The number of carbonyl (C=O) groups excluding carboxylic acids is 3. The maximum Gasteiger partial charge on any atom is 0.343 e. The molecule has 0 aromatic heterocycles. The summed E-state index contributed by atoms with van der Waals surface area (Å²) in [6.07, 6.45) is 5.93. The molecule has 0 heterocycles. The maximum absolute atomic E-state index is 12.4. The molecule has 0 saturated heterocycles. The fourth-order valence-electron chi connectivity index (χ4n) is 3.15. The zero-order chi connectivity index (χ0) is 25.6. The van der Waals surface area contributed by atoms with Gasteiger partial charge >= 0.3 is 17.9 Å². The van der Waals surface area contributed by atoms with E-state index in [-0.39, 0.29) is 24.8 Å². The van der Waals surface area contributed by atoms with Gasteiger partial charge in [-0.05, 0) is 74.7 Å². The molecule has 0 radical (unpaired) electrons. The fraction of sp³-hybridized carbons (Fsp3) is 0.464. The first-order chi connectivity index (χ1) is 16.8. The molecule has 0 aliphatic rings. The van der Waals surface area contributed by atoms with Crippen LogP contribution in [0.1, 0.15) is 86.9 Å². The Labute approximate surface area is 207 Å². The molecule has 2 unspecified atom stereocenters. The van der Waals surface area contributed by atoms with E-state index in [2.05, 4.69) is 6.92 Å². The Morgan fingerprint density at radius 2 is 1.37 bits per heavy atom. The molecule has 35 heavy (non-hydrogen) atoms. The molecular weight excluding hydrogens is 448 g/mol. The third-order valence-corrected chi connectivity index (χ3v) is 5.60. The minimum Gasteiger partial charge on any atom is -0.459 e. The van der Waals surface area contributed by atoms with Gasteiger partial charge in [-0.3, -0.25) is 4.79 Å². The van der Waals surface area contributed by atoms with E-state index in [9.17, 15) is 14.4 Å². The van der Waals surface area contributed by atoms with Crippen LogP contribution in [0.3, 0.4) is 0 Å². The number of benzene rings is 2. The standard InChI is InChI=1S/C28H36O7/c1-5-7-8-9-10-21(4)34-27(30)22-13-17-25(18-14-22)35-28(31)23-11-15-24(16-12-23)32-19-33-26(29)20(3)6-2/h11-18,20-21H,5-10,19H2,1-4H3. The topological polar surface area (TPSA) is 88.1 Å². The van der Waals surface area contributed by atoms with Crippen molar-refractivity contribution >= 4 is 17.9 Å². The van der Waals surface area contributed by atoms with Gasteiger partial charge in [-0.15, -0.1) is 0 Å². The highest BCUT2D eigenvalue weighted by atomic mass is 16.7. The van der Waals surface area contributed by atoms with Crippen molar-refractivity contribution in [2.45, 2.75) is 72.3 Å². The van der Waals surface area contributed by atoms with Crippen molar-refractivity contribution in [2.75, 3.05) is 6.79 Å². The van der Waals surface area contributed by atoms with Crippen LogP contribution in [0, 0.1) is 5.92 Å². The SMILES string of the molecule is CCCCCCC(C)OC(=O)c1ccc(OC(=O)c2ccc(OCOC(=O)C(C)CC)cc2)cc1. The van der Waals surface area contributed by atoms with Crippen molar-refractivity contribution in [1.82, 2.24) is 0 Å². The van der Waals surface area contributed by atoms with Crippen molar-refractivity contribution < 1.29 is 33.3 Å². The second-order valence-electron chi connectivity index (χ2n) is 8.54. The molecule has 0 aliphatic heterocycles. The number of ether oxygens (including phenoxy) is 4. The Balaban J connectivity index is 1.80. The van der Waals surface area contributed by atoms with E-state index in [0.717, 1.165) is 19.3 Å². The Hall–Kier alpha value is -3.35. The number of hydrogen-bond donors (Lipinski definition) is 0. The lowest BCUT2D eigenvalue weighted by Gasteiger charge is -2.13. The number of hydrogen-bond acceptors (Lipinski definition) is 7. The fourth-order valence-corrected chi connectivity index (χ4v) is 3.15. The van der Waals surface area contributed by atoms with Gasteiger partial charge in [0.2, 0.25) is 6.79 Å². The highest BCUT2D eigenvalue weighted by molar-refractivity contribution is 5.92. The Kier molecular flexibility index (Phi) is 11.8. The monoisotopic (exact) mass is 484 g/mol. The van der Waals surface area contributed by atoms with Crippen LogP contribution in [0.5, 0.6) is 11.5 Å². The molecule has 0 amide bonds. The first-order valence-corrected chi connectivity index (χ1v) is 12.3. The van der Waals surface area contributed by atoms with Crippen molar-refractivity contribution in [3.63, 3.8) is 0 Å². The molecule has 2 rings (SSSR count). The lowest BCUT2D eigenvalue weighted by molar-refractivity contribution is -0.154. The second kappa shape index (κ2) is 14.8. The smallest absolute Gasteiger partial charge is 0.343 e. The lowest BCUT2D eigenvalue weighted by atomic mass is 10.1. The molecule has 2 aromatic carbocycles. The molecule has 0 aliphatic carbocycles. The van der Waals surface area contributed by atoms with E-state index in [1.807, 2.05) is 13.8 Å². The van der Waals surface area contributed by atoms with Gasteiger partial charge in [0, 0.05) is 0 Å². The zero-order valence-corrected chi connectivity index (χ0v) is 21.1. The number of rotatable bonds is 14. The first-order valence-electron chi connectivity index (χ1n) is 12.3. The number of carbonyl (C=O) groups is 3. The van der Waals surface area contributed by atoms with Crippen LogP contribution < -0.4 is 9.47 Å². The van der Waals surface area contributed by atoms with E-state index in [1.165, 1.54) is 12.8 Å². The highest BCUT2D eigenvalue weighted by Gasteiger charge is 2.14. The van der Waals surface area contributed by atoms with Gasteiger partial charge in [-0.25, -0.2) is 9.59 Å². The van der Waals surface area contributed by atoms with Crippen LogP contribution in [0.15, 0.2) is 48.5 Å². The van der Waals surface area contributed by atoms with Crippen LogP contribution >= 0.6 is 0 Å². The third-order valence-electron chi connectivity index (χ3n) is 5.60. The Morgan fingerprint density at radius 1 is 0.771 bits per heavy atom.